The van der Waals surface area contributed by atoms with E-state index in [9.17, 15) is 9.59 Å². The molecule has 2 saturated heterocycles. The van der Waals surface area contributed by atoms with E-state index in [1.165, 1.54) is 0 Å². The molecule has 2 heterocycles. The van der Waals surface area contributed by atoms with E-state index in [1.807, 2.05) is 0 Å². The van der Waals surface area contributed by atoms with Crippen LogP contribution in [-0.4, -0.2) is 25.0 Å². The van der Waals surface area contributed by atoms with Gasteiger partial charge < -0.3 is 4.74 Å². The molecule has 6 nitrogen and oxygen atoms in total. The lowest BCUT2D eigenvalue weighted by atomic mass is 9.90. The third kappa shape index (κ3) is 3.73. The fourth-order valence-corrected chi connectivity index (χ4v) is 4.92. The Morgan fingerprint density at radius 2 is 1.45 bits per heavy atom. The molecule has 0 spiro atoms. The lowest BCUT2D eigenvalue weighted by molar-refractivity contribution is -0.126. The van der Waals surface area contributed by atoms with Gasteiger partial charge in [-0.15, -0.1) is 0 Å². The van der Waals surface area contributed by atoms with Crippen LogP contribution in [0.3, 0.4) is 0 Å². The van der Waals surface area contributed by atoms with Crippen molar-refractivity contribution in [2.45, 2.75) is 12.1 Å². The molecular formula is C24H17Cl3N2O4. The minimum atomic E-state index is -1.01. The zero-order valence-electron chi connectivity index (χ0n) is 17.2. The number of halogens is 3. The molecule has 0 aliphatic carbocycles. The van der Waals surface area contributed by atoms with E-state index in [1.54, 1.807) is 78.9 Å². The van der Waals surface area contributed by atoms with E-state index >= 15 is 0 Å². The highest BCUT2D eigenvalue weighted by molar-refractivity contribution is 6.35. The first-order valence-electron chi connectivity index (χ1n) is 10.1. The maximum absolute atomic E-state index is 13.6. The Hall–Kier alpha value is -2.77. The number of amides is 2. The lowest BCUT2D eigenvalue weighted by Gasteiger charge is -2.29. The summed E-state index contributed by atoms with van der Waals surface area (Å²) in [6, 6.07) is 18.0. The highest BCUT2D eigenvalue weighted by Gasteiger charge is 2.60. The van der Waals surface area contributed by atoms with Gasteiger partial charge in [-0.05, 0) is 66.2 Å². The Kier molecular flexibility index (Phi) is 5.70. The lowest BCUT2D eigenvalue weighted by Crippen LogP contribution is -2.37. The Morgan fingerprint density at radius 3 is 2.09 bits per heavy atom. The van der Waals surface area contributed by atoms with Crippen molar-refractivity contribution in [1.29, 1.82) is 0 Å². The van der Waals surface area contributed by atoms with Gasteiger partial charge in [0.2, 0.25) is 5.91 Å². The monoisotopic (exact) mass is 502 g/mol. The average molecular weight is 504 g/mol. The molecule has 0 saturated carbocycles. The number of hydroxylamine groups is 1. The van der Waals surface area contributed by atoms with Crippen LogP contribution >= 0.6 is 34.8 Å². The van der Waals surface area contributed by atoms with Crippen LogP contribution in [0.1, 0.15) is 11.6 Å². The largest absolute Gasteiger partial charge is 0.497 e. The number of fused-ring (bicyclic) bond motifs is 1. The van der Waals surface area contributed by atoms with Crippen molar-refractivity contribution in [3.63, 3.8) is 0 Å². The van der Waals surface area contributed by atoms with Crippen LogP contribution in [0.5, 0.6) is 5.75 Å². The van der Waals surface area contributed by atoms with Gasteiger partial charge in [0.05, 0.1) is 24.5 Å². The number of nitrogens with zero attached hydrogens (tertiary/aromatic N) is 2. The molecule has 3 unspecified atom stereocenters. The number of hydrogen-bond acceptors (Lipinski definition) is 5. The summed E-state index contributed by atoms with van der Waals surface area (Å²) in [6.07, 6.45) is -1.01. The van der Waals surface area contributed by atoms with Crippen molar-refractivity contribution < 1.29 is 19.2 Å². The minimum Gasteiger partial charge on any atom is -0.497 e. The third-order valence-electron chi connectivity index (χ3n) is 5.81. The number of ether oxygens (including phenoxy) is 1. The number of methoxy groups -OCH3 is 1. The molecule has 9 heteroatoms. The predicted octanol–water partition coefficient (Wildman–Crippen LogP) is 5.71. The summed E-state index contributed by atoms with van der Waals surface area (Å²) in [5, 5.41) is 2.95. The Morgan fingerprint density at radius 1 is 0.818 bits per heavy atom. The second kappa shape index (κ2) is 8.54. The number of imide groups is 1. The molecule has 168 valence electrons. The van der Waals surface area contributed by atoms with Crippen molar-refractivity contribution in [2.75, 3.05) is 17.1 Å². The predicted molar refractivity (Wildman–Crippen MR) is 127 cm³/mol. The number of benzene rings is 3. The van der Waals surface area contributed by atoms with Crippen LogP contribution in [0.15, 0.2) is 66.7 Å². The van der Waals surface area contributed by atoms with Crippen molar-refractivity contribution in [1.82, 2.24) is 0 Å². The fraction of sp³-hybridized carbons (Fsp3) is 0.167. The minimum absolute atomic E-state index is 0.373. The van der Waals surface area contributed by atoms with Gasteiger partial charge >= 0.3 is 0 Å². The number of carbonyl (C=O) groups excluding carboxylic acids is 2. The summed E-state index contributed by atoms with van der Waals surface area (Å²) >= 11 is 18.7. The zero-order valence-corrected chi connectivity index (χ0v) is 19.5. The molecule has 2 amide bonds. The van der Waals surface area contributed by atoms with E-state index < -0.39 is 24.0 Å². The van der Waals surface area contributed by atoms with E-state index in [0.717, 1.165) is 4.90 Å². The van der Waals surface area contributed by atoms with Crippen LogP contribution in [-0.2, 0) is 14.4 Å². The molecule has 0 aromatic heterocycles. The maximum atomic E-state index is 13.6. The van der Waals surface area contributed by atoms with Gasteiger partial charge in [0.1, 0.15) is 11.7 Å². The summed E-state index contributed by atoms with van der Waals surface area (Å²) < 4.78 is 5.17. The molecule has 3 aromatic carbocycles. The highest BCUT2D eigenvalue weighted by Crippen LogP contribution is 2.49. The third-order valence-corrected chi connectivity index (χ3v) is 6.62. The van der Waals surface area contributed by atoms with Gasteiger partial charge in [-0.2, -0.15) is 0 Å². The molecule has 0 N–H and O–H groups in total. The summed E-state index contributed by atoms with van der Waals surface area (Å²) in [4.78, 5) is 34.2. The molecule has 0 bridgehead atoms. The maximum Gasteiger partial charge on any atom is 0.266 e. The van der Waals surface area contributed by atoms with Gasteiger partial charge in [-0.3, -0.25) is 14.4 Å². The van der Waals surface area contributed by atoms with E-state index in [4.69, 9.17) is 44.4 Å². The standard InChI is InChI=1S/C24H17Cl3N2O4/c1-32-17-9-7-15(8-10-17)28-23(30)20-21(18-11-4-14(26)12-19(18)27)29(33-22(20)24(28)31)16-5-2-13(25)3-6-16/h2-12,20-22H,1H3. The normalized spacial score (nSPS) is 22.1. The molecule has 5 rings (SSSR count). The quantitative estimate of drug-likeness (QED) is 0.427. The topological polar surface area (TPSA) is 59.1 Å². The molecule has 3 aromatic rings. The summed E-state index contributed by atoms with van der Waals surface area (Å²) in [5.41, 5.74) is 1.71. The van der Waals surface area contributed by atoms with Crippen molar-refractivity contribution in [2.24, 2.45) is 5.92 Å². The van der Waals surface area contributed by atoms with Crippen LogP contribution in [0.2, 0.25) is 15.1 Å². The van der Waals surface area contributed by atoms with E-state index in [-0.39, 0.29) is 5.91 Å². The van der Waals surface area contributed by atoms with Gasteiger partial charge in [0.15, 0.2) is 6.10 Å². The van der Waals surface area contributed by atoms with Crippen LogP contribution < -0.4 is 14.7 Å². The molecule has 0 radical (unpaired) electrons. The summed E-state index contributed by atoms with van der Waals surface area (Å²) in [6.45, 7) is 0. The molecule has 33 heavy (non-hydrogen) atoms. The second-order valence-electron chi connectivity index (χ2n) is 7.67. The van der Waals surface area contributed by atoms with Crippen molar-refractivity contribution in [3.05, 3.63) is 87.4 Å². The van der Waals surface area contributed by atoms with E-state index in [2.05, 4.69) is 0 Å². The molecular weight excluding hydrogens is 487 g/mol. The Labute approximate surface area is 205 Å². The Balaban J connectivity index is 1.58. The van der Waals surface area contributed by atoms with Gasteiger partial charge in [-0.25, -0.2) is 9.96 Å². The molecule has 2 aliphatic heterocycles. The Bertz CT molecular complexity index is 1230. The first-order valence-corrected chi connectivity index (χ1v) is 11.2. The smallest absolute Gasteiger partial charge is 0.266 e. The van der Waals surface area contributed by atoms with Gasteiger partial charge in [0.25, 0.3) is 5.91 Å². The van der Waals surface area contributed by atoms with Crippen LogP contribution in [0.25, 0.3) is 0 Å². The van der Waals surface area contributed by atoms with Crippen LogP contribution in [0.4, 0.5) is 11.4 Å². The zero-order chi connectivity index (χ0) is 23.3. The molecule has 2 aliphatic rings. The highest BCUT2D eigenvalue weighted by atomic mass is 35.5. The first kappa shape index (κ1) is 22.0. The SMILES string of the molecule is COc1ccc(N2C(=O)C3ON(c4ccc(Cl)cc4)C(c4ccc(Cl)cc4Cl)C3C2=O)cc1. The molecule has 2 fully saturated rings. The number of hydrogen-bond donors (Lipinski definition) is 0. The second-order valence-corrected chi connectivity index (χ2v) is 8.95. The van der Waals surface area contributed by atoms with E-state index in [0.29, 0.717) is 37.8 Å². The van der Waals surface area contributed by atoms with Crippen molar-refractivity contribution in [3.8, 4) is 5.75 Å². The number of anilines is 2. The van der Waals surface area contributed by atoms with Crippen LogP contribution in [0, 0.1) is 5.92 Å². The average Bonchev–Trinajstić information content (AvgIpc) is 3.30. The van der Waals surface area contributed by atoms with Crippen molar-refractivity contribution >= 4 is 58.0 Å². The number of carbonyl (C=O) groups is 2. The summed E-state index contributed by atoms with van der Waals surface area (Å²) in [5.74, 6) is -1.01. The van der Waals surface area contributed by atoms with Gasteiger partial charge in [0, 0.05) is 15.1 Å². The van der Waals surface area contributed by atoms with Gasteiger partial charge in [-0.1, -0.05) is 40.9 Å². The summed E-state index contributed by atoms with van der Waals surface area (Å²) in [7, 11) is 1.55. The number of rotatable bonds is 4. The first-order chi connectivity index (χ1) is 15.9. The fourth-order valence-electron chi connectivity index (χ4n) is 4.27. The molecule has 3 atom stereocenters.